The number of hydrogen-bond donors (Lipinski definition) is 3. The number of nitrogen functional groups attached to an aromatic ring is 1. The topological polar surface area (TPSA) is 75.3 Å². The van der Waals surface area contributed by atoms with Gasteiger partial charge in [-0.15, -0.1) is 0 Å². The molecule has 0 unspecified atom stereocenters. The summed E-state index contributed by atoms with van der Waals surface area (Å²) in [6.45, 7) is 3.68. The number of phenolic OH excluding ortho intramolecular Hbond substituents is 1. The molecule has 0 aliphatic carbocycles. The summed E-state index contributed by atoms with van der Waals surface area (Å²) in [4.78, 5) is 12.0. The monoisotopic (exact) mass is 256 g/mol. The number of benzene rings is 2. The molecule has 19 heavy (non-hydrogen) atoms. The van der Waals surface area contributed by atoms with E-state index in [1.807, 2.05) is 13.0 Å². The molecule has 0 radical (unpaired) electrons. The van der Waals surface area contributed by atoms with Crippen molar-refractivity contribution in [3.63, 3.8) is 0 Å². The van der Waals surface area contributed by atoms with Crippen LogP contribution in [0.2, 0.25) is 0 Å². The second-order valence-electron chi connectivity index (χ2n) is 4.53. The van der Waals surface area contributed by atoms with E-state index in [0.29, 0.717) is 16.9 Å². The van der Waals surface area contributed by atoms with Crippen molar-refractivity contribution in [3.8, 4) is 5.75 Å². The molecule has 0 aromatic heterocycles. The smallest absolute Gasteiger partial charge is 0.255 e. The Morgan fingerprint density at radius 2 is 1.79 bits per heavy atom. The lowest BCUT2D eigenvalue weighted by atomic mass is 10.1. The van der Waals surface area contributed by atoms with Crippen LogP contribution in [0.5, 0.6) is 5.75 Å². The Hall–Kier alpha value is -2.49. The second kappa shape index (κ2) is 5.02. The minimum absolute atomic E-state index is 0.107. The molecule has 0 saturated carbocycles. The third kappa shape index (κ3) is 2.85. The van der Waals surface area contributed by atoms with Gasteiger partial charge in [-0.1, -0.05) is 12.1 Å². The molecule has 2 rings (SSSR count). The molecule has 98 valence electrons. The minimum atomic E-state index is -0.279. The third-order valence-electron chi connectivity index (χ3n) is 3.01. The molecule has 4 heteroatoms. The number of phenols is 1. The maximum Gasteiger partial charge on any atom is 0.255 e. The molecule has 4 N–H and O–H groups in total. The Bertz CT molecular complexity index is 636. The predicted molar refractivity (Wildman–Crippen MR) is 76.4 cm³/mol. The van der Waals surface area contributed by atoms with Gasteiger partial charge in [-0.25, -0.2) is 0 Å². The maximum absolute atomic E-state index is 12.0. The van der Waals surface area contributed by atoms with Gasteiger partial charge in [0.2, 0.25) is 0 Å². The van der Waals surface area contributed by atoms with Gasteiger partial charge < -0.3 is 16.2 Å². The Labute approximate surface area is 111 Å². The average molecular weight is 256 g/mol. The lowest BCUT2D eigenvalue weighted by Gasteiger charge is -2.08. The molecular weight excluding hydrogens is 240 g/mol. The molecular formula is C15H16N2O2. The van der Waals surface area contributed by atoms with Crippen LogP contribution in [-0.4, -0.2) is 11.0 Å². The highest BCUT2D eigenvalue weighted by atomic mass is 16.3. The average Bonchev–Trinajstić information content (AvgIpc) is 2.37. The maximum atomic E-state index is 12.0. The van der Waals surface area contributed by atoms with E-state index in [2.05, 4.69) is 5.32 Å². The molecule has 0 aliphatic heterocycles. The standard InChI is InChI=1S/C15H16N2O2/c1-9-4-6-12(8-13(9)16)17-15(19)11-5-3-10(2)14(18)7-11/h3-8,18H,16H2,1-2H3,(H,17,19). The molecule has 2 aromatic rings. The zero-order valence-corrected chi connectivity index (χ0v) is 10.9. The highest BCUT2D eigenvalue weighted by molar-refractivity contribution is 6.04. The Morgan fingerprint density at radius 3 is 2.42 bits per heavy atom. The zero-order chi connectivity index (χ0) is 14.0. The van der Waals surface area contributed by atoms with Gasteiger partial charge >= 0.3 is 0 Å². The number of hydrogen-bond acceptors (Lipinski definition) is 3. The van der Waals surface area contributed by atoms with Crippen molar-refractivity contribution >= 4 is 17.3 Å². The van der Waals surface area contributed by atoms with Crippen LogP contribution >= 0.6 is 0 Å². The Morgan fingerprint density at radius 1 is 1.11 bits per heavy atom. The fourth-order valence-electron chi connectivity index (χ4n) is 1.67. The van der Waals surface area contributed by atoms with Crippen LogP contribution in [0, 0.1) is 13.8 Å². The predicted octanol–water partition coefficient (Wildman–Crippen LogP) is 2.84. The Kier molecular flexibility index (Phi) is 3.42. The zero-order valence-electron chi connectivity index (χ0n) is 10.9. The van der Waals surface area contributed by atoms with Gasteiger partial charge in [-0.2, -0.15) is 0 Å². The van der Waals surface area contributed by atoms with Crippen molar-refractivity contribution in [3.05, 3.63) is 53.1 Å². The number of rotatable bonds is 2. The van der Waals surface area contributed by atoms with Crippen molar-refractivity contribution < 1.29 is 9.90 Å². The first kappa shape index (κ1) is 13.0. The van der Waals surface area contributed by atoms with Crippen molar-refractivity contribution in [2.75, 3.05) is 11.1 Å². The summed E-state index contributed by atoms with van der Waals surface area (Å²) in [6.07, 6.45) is 0. The van der Waals surface area contributed by atoms with Crippen LogP contribution in [0.15, 0.2) is 36.4 Å². The summed E-state index contributed by atoms with van der Waals surface area (Å²) in [6, 6.07) is 10.2. The van der Waals surface area contributed by atoms with Gasteiger partial charge in [0.05, 0.1) is 0 Å². The van der Waals surface area contributed by atoms with Gasteiger partial charge in [0.25, 0.3) is 5.91 Å². The van der Waals surface area contributed by atoms with E-state index < -0.39 is 0 Å². The molecule has 0 atom stereocenters. The first-order valence-electron chi connectivity index (χ1n) is 5.94. The number of nitrogens with two attached hydrogens (primary N) is 1. The van der Waals surface area contributed by atoms with Crippen LogP contribution in [0.3, 0.4) is 0 Å². The number of aromatic hydroxyl groups is 1. The number of carbonyl (C=O) groups excluding carboxylic acids is 1. The van der Waals surface area contributed by atoms with Crippen molar-refractivity contribution in [1.29, 1.82) is 0 Å². The van der Waals surface area contributed by atoms with Crippen molar-refractivity contribution in [1.82, 2.24) is 0 Å². The molecule has 4 nitrogen and oxygen atoms in total. The van der Waals surface area contributed by atoms with Crippen LogP contribution in [-0.2, 0) is 0 Å². The molecule has 2 aromatic carbocycles. The SMILES string of the molecule is Cc1ccc(NC(=O)c2ccc(C)c(O)c2)cc1N. The third-order valence-corrected chi connectivity index (χ3v) is 3.01. The van der Waals surface area contributed by atoms with Crippen LogP contribution < -0.4 is 11.1 Å². The molecule has 0 fully saturated rings. The van der Waals surface area contributed by atoms with Crippen LogP contribution in [0.4, 0.5) is 11.4 Å². The Balaban J connectivity index is 2.20. The normalized spacial score (nSPS) is 10.2. The number of anilines is 2. The summed E-state index contributed by atoms with van der Waals surface area (Å²) < 4.78 is 0. The largest absolute Gasteiger partial charge is 0.508 e. The summed E-state index contributed by atoms with van der Waals surface area (Å²) in [5, 5.41) is 12.3. The lowest BCUT2D eigenvalue weighted by molar-refractivity contribution is 0.102. The van der Waals surface area contributed by atoms with E-state index in [9.17, 15) is 9.90 Å². The van der Waals surface area contributed by atoms with Crippen molar-refractivity contribution in [2.45, 2.75) is 13.8 Å². The van der Waals surface area contributed by atoms with Gasteiger partial charge in [0, 0.05) is 16.9 Å². The molecule has 0 heterocycles. The van der Waals surface area contributed by atoms with Gasteiger partial charge in [0.1, 0.15) is 5.75 Å². The first-order valence-corrected chi connectivity index (χ1v) is 5.94. The van der Waals surface area contributed by atoms with Gasteiger partial charge in [0.15, 0.2) is 0 Å². The quantitative estimate of drug-likeness (QED) is 0.723. The summed E-state index contributed by atoms with van der Waals surface area (Å²) in [7, 11) is 0. The summed E-state index contributed by atoms with van der Waals surface area (Å²) in [5.74, 6) is -0.172. The van der Waals surface area contributed by atoms with E-state index in [-0.39, 0.29) is 11.7 Å². The van der Waals surface area contributed by atoms with E-state index in [4.69, 9.17) is 5.73 Å². The second-order valence-corrected chi connectivity index (χ2v) is 4.53. The van der Waals surface area contributed by atoms with E-state index in [0.717, 1.165) is 11.1 Å². The number of carbonyl (C=O) groups is 1. The summed E-state index contributed by atoms with van der Waals surface area (Å²) >= 11 is 0. The lowest BCUT2D eigenvalue weighted by Crippen LogP contribution is -2.12. The molecule has 0 bridgehead atoms. The van der Waals surface area contributed by atoms with E-state index >= 15 is 0 Å². The molecule has 1 amide bonds. The minimum Gasteiger partial charge on any atom is -0.508 e. The fourth-order valence-corrected chi connectivity index (χ4v) is 1.67. The highest BCUT2D eigenvalue weighted by Crippen LogP contribution is 2.20. The first-order chi connectivity index (χ1) is 8.97. The van der Waals surface area contributed by atoms with E-state index in [1.165, 1.54) is 6.07 Å². The number of aryl methyl sites for hydroxylation is 2. The molecule has 0 spiro atoms. The highest BCUT2D eigenvalue weighted by Gasteiger charge is 2.08. The van der Waals surface area contributed by atoms with E-state index in [1.54, 1.807) is 31.2 Å². The molecule has 0 aliphatic rings. The molecule has 0 saturated heterocycles. The van der Waals surface area contributed by atoms with Crippen LogP contribution in [0.1, 0.15) is 21.5 Å². The van der Waals surface area contributed by atoms with Gasteiger partial charge in [-0.3, -0.25) is 4.79 Å². The van der Waals surface area contributed by atoms with Gasteiger partial charge in [-0.05, 0) is 49.2 Å². The van der Waals surface area contributed by atoms with Crippen molar-refractivity contribution in [2.24, 2.45) is 0 Å². The number of amides is 1. The fraction of sp³-hybridized carbons (Fsp3) is 0.133. The van der Waals surface area contributed by atoms with Crippen LogP contribution in [0.25, 0.3) is 0 Å². The number of nitrogens with one attached hydrogen (secondary N) is 1. The summed E-state index contributed by atoms with van der Waals surface area (Å²) in [5.41, 5.74) is 9.15.